The molecule has 198 valence electrons. The van der Waals surface area contributed by atoms with E-state index in [4.69, 9.17) is 4.98 Å². The van der Waals surface area contributed by atoms with Crippen molar-refractivity contribution < 1.29 is 14.3 Å². The van der Waals surface area contributed by atoms with Crippen LogP contribution in [-0.2, 0) is 6.42 Å². The number of nitrogens with zero attached hydrogens (tertiary/aromatic N) is 6. The van der Waals surface area contributed by atoms with Crippen LogP contribution in [0.25, 0.3) is 28.1 Å². The Labute approximate surface area is 232 Å². The molecule has 0 spiro atoms. The van der Waals surface area contributed by atoms with E-state index in [0.717, 1.165) is 45.0 Å². The van der Waals surface area contributed by atoms with Crippen LogP contribution in [0.15, 0.2) is 84.8 Å². The van der Waals surface area contributed by atoms with Crippen LogP contribution >= 0.6 is 11.3 Å². The van der Waals surface area contributed by atoms with Crippen LogP contribution in [-0.4, -0.2) is 46.2 Å². The Balaban J connectivity index is 1.38. The molecule has 0 aliphatic carbocycles. The first kappa shape index (κ1) is 25.3. The number of halogens is 1. The summed E-state index contributed by atoms with van der Waals surface area (Å²) in [6, 6.07) is 20.0. The number of aromatic carboxylic acids is 1. The van der Waals surface area contributed by atoms with Gasteiger partial charge >= 0.3 is 5.97 Å². The number of carboxylic acids is 1. The van der Waals surface area contributed by atoms with Gasteiger partial charge in [0.25, 0.3) is 0 Å². The van der Waals surface area contributed by atoms with Gasteiger partial charge in [0, 0.05) is 28.3 Å². The van der Waals surface area contributed by atoms with Gasteiger partial charge in [0.05, 0.1) is 29.2 Å². The fourth-order valence-electron chi connectivity index (χ4n) is 4.63. The number of carbonyl (C=O) groups is 1. The maximum atomic E-state index is 14.8. The number of thiophene rings is 1. The molecule has 0 fully saturated rings. The lowest BCUT2D eigenvalue weighted by molar-refractivity contribution is 0.0698. The van der Waals surface area contributed by atoms with Crippen molar-refractivity contribution in [2.45, 2.75) is 19.3 Å². The number of tetrazole rings is 1. The molecule has 6 aromatic rings. The zero-order valence-electron chi connectivity index (χ0n) is 21.2. The molecule has 40 heavy (non-hydrogen) atoms. The second-order valence-corrected chi connectivity index (χ2v) is 10.1. The summed E-state index contributed by atoms with van der Waals surface area (Å²) in [5, 5.41) is 22.3. The van der Waals surface area contributed by atoms with Gasteiger partial charge in [-0.05, 0) is 47.5 Å². The first-order chi connectivity index (χ1) is 19.5. The average Bonchev–Trinajstić information content (AvgIpc) is 3.74. The molecule has 0 aliphatic heterocycles. The van der Waals surface area contributed by atoms with Crippen molar-refractivity contribution in [1.29, 1.82) is 0 Å². The lowest BCUT2D eigenvalue weighted by Gasteiger charge is -2.16. The number of nitrogens with one attached hydrogen (secondary N) is 1. The average molecular weight is 552 g/mol. The van der Waals surface area contributed by atoms with E-state index in [2.05, 4.69) is 31.6 Å². The summed E-state index contributed by atoms with van der Waals surface area (Å²) in [5.41, 5.74) is 6.22. The van der Waals surface area contributed by atoms with Gasteiger partial charge in [-0.3, -0.25) is 4.98 Å². The number of aryl methyl sites for hydroxylation is 1. The minimum absolute atomic E-state index is 0.178. The minimum atomic E-state index is -1.29. The van der Waals surface area contributed by atoms with Gasteiger partial charge in [-0.15, -0.1) is 16.4 Å². The lowest BCUT2D eigenvalue weighted by Crippen LogP contribution is -2.09. The van der Waals surface area contributed by atoms with Crippen molar-refractivity contribution >= 4 is 17.3 Å². The molecule has 4 aromatic heterocycles. The number of aromatic amines is 1. The van der Waals surface area contributed by atoms with Crippen molar-refractivity contribution in [3.05, 3.63) is 118 Å². The maximum absolute atomic E-state index is 14.8. The van der Waals surface area contributed by atoms with E-state index in [9.17, 15) is 14.3 Å². The van der Waals surface area contributed by atoms with E-state index in [1.54, 1.807) is 11.0 Å². The third-order valence-electron chi connectivity index (χ3n) is 6.63. The van der Waals surface area contributed by atoms with Crippen molar-refractivity contribution in [3.63, 3.8) is 0 Å². The smallest absolute Gasteiger partial charge is 0.348 e. The molecule has 0 radical (unpaired) electrons. The SMILES string of the molecule is Cc1ccc(-n2cnnn2)c(-c2ccc(C(Cc3ccccc3)c3ncc(-c4csc(C(=O)O)c4F)[nH]3)nc2)c1. The van der Waals surface area contributed by atoms with Gasteiger partial charge in [0.1, 0.15) is 17.0 Å². The maximum Gasteiger partial charge on any atom is 0.348 e. The number of hydrogen-bond donors (Lipinski definition) is 2. The summed E-state index contributed by atoms with van der Waals surface area (Å²) in [7, 11) is 0. The third-order valence-corrected chi connectivity index (χ3v) is 7.57. The monoisotopic (exact) mass is 551 g/mol. The molecule has 6 rings (SSSR count). The van der Waals surface area contributed by atoms with Gasteiger partial charge in [0.15, 0.2) is 5.82 Å². The fraction of sp³-hybridized carbons (Fsp3) is 0.103. The van der Waals surface area contributed by atoms with Crippen LogP contribution in [0.3, 0.4) is 0 Å². The number of H-pyrrole nitrogens is 1. The Morgan fingerprint density at radius 3 is 2.62 bits per heavy atom. The molecule has 9 nitrogen and oxygen atoms in total. The highest BCUT2D eigenvalue weighted by molar-refractivity contribution is 7.12. The van der Waals surface area contributed by atoms with Gasteiger partial charge in [0.2, 0.25) is 0 Å². The van der Waals surface area contributed by atoms with Crippen LogP contribution in [0, 0.1) is 12.7 Å². The normalized spacial score (nSPS) is 11.9. The summed E-state index contributed by atoms with van der Waals surface area (Å²) in [4.78, 5) is 23.6. The molecule has 0 aliphatic rings. The fourth-order valence-corrected chi connectivity index (χ4v) is 5.42. The van der Waals surface area contributed by atoms with Gasteiger partial charge in [-0.2, -0.15) is 4.68 Å². The van der Waals surface area contributed by atoms with E-state index in [1.165, 1.54) is 11.6 Å². The van der Waals surface area contributed by atoms with Crippen molar-refractivity contribution in [2.75, 3.05) is 0 Å². The minimum Gasteiger partial charge on any atom is -0.477 e. The van der Waals surface area contributed by atoms with E-state index in [0.29, 0.717) is 17.9 Å². The van der Waals surface area contributed by atoms with E-state index < -0.39 is 11.8 Å². The predicted octanol–water partition coefficient (Wildman–Crippen LogP) is 5.70. The number of benzene rings is 2. The molecular formula is C29H22FN7O2S. The predicted molar refractivity (Wildman–Crippen MR) is 148 cm³/mol. The first-order valence-corrected chi connectivity index (χ1v) is 13.3. The van der Waals surface area contributed by atoms with Crippen molar-refractivity contribution in [1.82, 2.24) is 35.2 Å². The van der Waals surface area contributed by atoms with E-state index in [-0.39, 0.29) is 16.4 Å². The standard InChI is InChI=1S/C29H22FN7O2S/c1-17-7-10-25(37-16-33-35-36-37)20(11-17)19-8-9-23(31-13-19)21(12-18-5-3-2-4-6-18)28-32-14-24(34-28)22-15-40-27(26(22)30)29(38)39/h2-11,13-16,21H,12H2,1H3,(H,32,34)(H,38,39). The van der Waals surface area contributed by atoms with Crippen LogP contribution < -0.4 is 0 Å². The van der Waals surface area contributed by atoms with Crippen LogP contribution in [0.2, 0.25) is 0 Å². The molecule has 1 atom stereocenters. The molecular weight excluding hydrogens is 529 g/mol. The quantitative estimate of drug-likeness (QED) is 0.249. The Morgan fingerprint density at radius 1 is 1.07 bits per heavy atom. The molecule has 0 saturated heterocycles. The van der Waals surface area contributed by atoms with E-state index >= 15 is 0 Å². The largest absolute Gasteiger partial charge is 0.477 e. The van der Waals surface area contributed by atoms with Crippen molar-refractivity contribution in [2.24, 2.45) is 0 Å². The first-order valence-electron chi connectivity index (χ1n) is 12.4. The molecule has 2 N–H and O–H groups in total. The Kier molecular flexibility index (Phi) is 6.71. The lowest BCUT2D eigenvalue weighted by atomic mass is 9.94. The zero-order chi connectivity index (χ0) is 27.6. The second-order valence-electron chi connectivity index (χ2n) is 9.27. The van der Waals surface area contributed by atoms with Crippen LogP contribution in [0.1, 0.15) is 38.2 Å². The van der Waals surface area contributed by atoms with Gasteiger partial charge in [-0.25, -0.2) is 14.2 Å². The summed E-state index contributed by atoms with van der Waals surface area (Å²) in [5.74, 6) is -1.73. The highest BCUT2D eigenvalue weighted by Gasteiger charge is 2.24. The number of hydrogen-bond acceptors (Lipinski definition) is 7. The number of aromatic nitrogens is 7. The molecule has 0 bridgehead atoms. The third kappa shape index (κ3) is 4.90. The molecule has 2 aromatic carbocycles. The number of carboxylic acid groups (broad SMARTS) is 1. The van der Waals surface area contributed by atoms with E-state index in [1.807, 2.05) is 67.7 Å². The van der Waals surface area contributed by atoms with Gasteiger partial charge < -0.3 is 10.1 Å². The number of imidazole rings is 1. The van der Waals surface area contributed by atoms with Gasteiger partial charge in [-0.1, -0.05) is 48.0 Å². The molecule has 11 heteroatoms. The Morgan fingerprint density at radius 2 is 1.93 bits per heavy atom. The van der Waals surface area contributed by atoms with Crippen LogP contribution in [0.5, 0.6) is 0 Å². The molecule has 0 amide bonds. The zero-order valence-corrected chi connectivity index (χ0v) is 22.0. The number of rotatable bonds is 8. The molecule has 4 heterocycles. The summed E-state index contributed by atoms with van der Waals surface area (Å²) in [6.07, 6.45) is 5.50. The summed E-state index contributed by atoms with van der Waals surface area (Å²) >= 11 is 0.848. The Hall–Kier alpha value is -5.03. The number of pyridine rings is 1. The topological polar surface area (TPSA) is 122 Å². The second kappa shape index (κ2) is 10.6. The van der Waals surface area contributed by atoms with Crippen LogP contribution in [0.4, 0.5) is 4.39 Å². The summed E-state index contributed by atoms with van der Waals surface area (Å²) < 4.78 is 16.4. The highest BCUT2D eigenvalue weighted by atomic mass is 32.1. The summed E-state index contributed by atoms with van der Waals surface area (Å²) in [6.45, 7) is 2.02. The van der Waals surface area contributed by atoms with Crippen molar-refractivity contribution in [3.8, 4) is 28.1 Å². The molecule has 0 saturated carbocycles. The molecule has 1 unspecified atom stereocenters. The highest BCUT2D eigenvalue weighted by Crippen LogP contribution is 2.33. The Bertz CT molecular complexity index is 1780.